The number of pyridine rings is 1. The fourth-order valence-electron chi connectivity index (χ4n) is 2.43. The Labute approximate surface area is 136 Å². The molecule has 2 rings (SSSR count). The molecule has 1 aromatic carbocycles. The summed E-state index contributed by atoms with van der Waals surface area (Å²) < 4.78 is 0. The van der Waals surface area contributed by atoms with Gasteiger partial charge in [0.05, 0.1) is 0 Å². The first-order valence-corrected chi connectivity index (χ1v) is 7.00. The van der Waals surface area contributed by atoms with Crippen LogP contribution in [0.5, 0.6) is 5.75 Å². The highest BCUT2D eigenvalue weighted by Gasteiger charge is 2.28. The van der Waals surface area contributed by atoms with Crippen LogP contribution in [0.15, 0.2) is 23.0 Å². The van der Waals surface area contributed by atoms with Crippen molar-refractivity contribution in [1.29, 1.82) is 0 Å². The summed E-state index contributed by atoms with van der Waals surface area (Å²) in [6.45, 7) is 3.75. The fraction of sp³-hybridized carbons (Fsp3) is 0.188. The van der Waals surface area contributed by atoms with Crippen molar-refractivity contribution >= 4 is 17.8 Å². The number of aromatic carboxylic acids is 2. The summed E-state index contributed by atoms with van der Waals surface area (Å²) >= 11 is 0. The maximum atomic E-state index is 12.0. The first-order valence-electron chi connectivity index (χ1n) is 7.00. The molecule has 1 aromatic heterocycles. The number of rotatable bonds is 4. The zero-order chi connectivity index (χ0) is 18.2. The molecule has 0 saturated heterocycles. The molecule has 8 heteroatoms. The third-order valence-electron chi connectivity index (χ3n) is 3.63. The van der Waals surface area contributed by atoms with Crippen LogP contribution in [-0.2, 0) is 0 Å². The van der Waals surface area contributed by atoms with E-state index in [2.05, 4.69) is 0 Å². The third kappa shape index (κ3) is 2.81. The molecule has 0 aliphatic carbocycles. The van der Waals surface area contributed by atoms with Crippen molar-refractivity contribution in [3.05, 3.63) is 45.2 Å². The lowest BCUT2D eigenvalue weighted by Crippen LogP contribution is -2.24. The van der Waals surface area contributed by atoms with Gasteiger partial charge >= 0.3 is 11.9 Å². The number of anilines is 1. The number of aromatic nitrogens is 1. The van der Waals surface area contributed by atoms with Gasteiger partial charge in [0.15, 0.2) is 0 Å². The van der Waals surface area contributed by atoms with Crippen LogP contribution in [0.3, 0.4) is 0 Å². The van der Waals surface area contributed by atoms with Gasteiger partial charge in [-0.25, -0.2) is 9.59 Å². The molecule has 0 bridgehead atoms. The third-order valence-corrected chi connectivity index (χ3v) is 3.63. The zero-order valence-electron chi connectivity index (χ0n) is 13.0. The highest BCUT2D eigenvalue weighted by molar-refractivity contribution is 6.08. The summed E-state index contributed by atoms with van der Waals surface area (Å²) in [7, 11) is 0. The van der Waals surface area contributed by atoms with Crippen LogP contribution in [0.2, 0.25) is 0 Å². The summed E-state index contributed by atoms with van der Waals surface area (Å²) in [5.41, 5.74) is 3.38. The van der Waals surface area contributed by atoms with E-state index in [-0.39, 0.29) is 17.2 Å². The van der Waals surface area contributed by atoms with E-state index in [0.717, 1.165) is 5.56 Å². The van der Waals surface area contributed by atoms with Gasteiger partial charge in [0.1, 0.15) is 22.7 Å². The van der Waals surface area contributed by atoms with E-state index in [0.29, 0.717) is 0 Å². The summed E-state index contributed by atoms with van der Waals surface area (Å²) in [5.74, 6) is -3.94. The molecule has 24 heavy (non-hydrogen) atoms. The number of H-pyrrole nitrogens is 1. The predicted octanol–water partition coefficient (Wildman–Crippen LogP) is 1.85. The molecule has 0 unspecified atom stereocenters. The van der Waals surface area contributed by atoms with Gasteiger partial charge in [-0.1, -0.05) is 19.9 Å². The van der Waals surface area contributed by atoms with E-state index in [1.807, 2.05) is 18.8 Å². The lowest BCUT2D eigenvalue weighted by molar-refractivity contribution is 0.0695. The normalized spacial score (nSPS) is 10.8. The molecule has 0 atom stereocenters. The van der Waals surface area contributed by atoms with Gasteiger partial charge < -0.3 is 26.0 Å². The Balaban J connectivity index is 3.02. The minimum absolute atomic E-state index is 0.0326. The van der Waals surface area contributed by atoms with Crippen LogP contribution >= 0.6 is 0 Å². The molecule has 1 heterocycles. The number of benzene rings is 1. The van der Waals surface area contributed by atoms with Gasteiger partial charge in [-0.05, 0) is 23.6 Å². The minimum Gasteiger partial charge on any atom is -0.507 e. The number of nitrogens with two attached hydrogens (primary N) is 1. The zero-order valence-corrected chi connectivity index (χ0v) is 13.0. The van der Waals surface area contributed by atoms with Crippen LogP contribution in [0.1, 0.15) is 46.0 Å². The van der Waals surface area contributed by atoms with Crippen LogP contribution < -0.4 is 11.3 Å². The van der Waals surface area contributed by atoms with Crippen molar-refractivity contribution in [3.8, 4) is 16.9 Å². The maximum absolute atomic E-state index is 12.0. The maximum Gasteiger partial charge on any atom is 0.342 e. The van der Waals surface area contributed by atoms with E-state index in [1.165, 1.54) is 12.1 Å². The highest BCUT2D eigenvalue weighted by atomic mass is 16.4. The second-order valence-corrected chi connectivity index (χ2v) is 5.53. The second-order valence-electron chi connectivity index (χ2n) is 5.53. The van der Waals surface area contributed by atoms with Crippen LogP contribution in [0, 0.1) is 0 Å². The van der Waals surface area contributed by atoms with Crippen molar-refractivity contribution in [2.75, 3.05) is 5.73 Å². The molecular formula is C16H16N2O6. The molecule has 0 aliphatic heterocycles. The topological polar surface area (TPSA) is 154 Å². The van der Waals surface area contributed by atoms with E-state index < -0.39 is 40.0 Å². The summed E-state index contributed by atoms with van der Waals surface area (Å²) in [4.78, 5) is 37.1. The molecule has 0 fully saturated rings. The smallest absolute Gasteiger partial charge is 0.342 e. The van der Waals surface area contributed by atoms with Crippen molar-refractivity contribution in [2.24, 2.45) is 0 Å². The summed E-state index contributed by atoms with van der Waals surface area (Å²) in [6, 6.07) is 4.40. The van der Waals surface area contributed by atoms with Gasteiger partial charge in [-0.15, -0.1) is 0 Å². The predicted molar refractivity (Wildman–Crippen MR) is 86.6 cm³/mol. The van der Waals surface area contributed by atoms with Crippen LogP contribution in [0.25, 0.3) is 11.1 Å². The number of phenolic OH excluding ortho intramolecular Hbond substituents is 1. The molecule has 8 nitrogen and oxygen atoms in total. The number of carboxylic acids is 2. The monoisotopic (exact) mass is 332 g/mol. The van der Waals surface area contributed by atoms with Gasteiger partial charge in [0.25, 0.3) is 5.56 Å². The average Bonchev–Trinajstić information content (AvgIpc) is 2.45. The SMILES string of the molecule is CC(C)c1ccc(O)c(-c2c(C(=O)O)c(N)[nH]c(=O)c2C(=O)O)c1. The average molecular weight is 332 g/mol. The number of carbonyl (C=O) groups is 2. The van der Waals surface area contributed by atoms with Gasteiger partial charge in [0.2, 0.25) is 0 Å². The standard InChI is InChI=1S/C16H16N2O6/c1-6(2)7-3-4-9(19)8(5-7)10-11(15(21)22)13(17)18-14(20)12(10)16(23)24/h3-6,19H,1-2H3,(H,21,22)(H,23,24)(H3,17,18,20). The molecule has 2 aromatic rings. The molecule has 0 spiro atoms. The fourth-order valence-corrected chi connectivity index (χ4v) is 2.43. The first kappa shape index (κ1) is 17.1. The van der Waals surface area contributed by atoms with Gasteiger partial charge in [-0.3, -0.25) is 4.79 Å². The molecule has 0 amide bonds. The first-order chi connectivity index (χ1) is 11.1. The Hall–Kier alpha value is -3.29. The highest BCUT2D eigenvalue weighted by Crippen LogP contribution is 2.37. The van der Waals surface area contributed by atoms with Crippen molar-refractivity contribution in [1.82, 2.24) is 4.98 Å². The van der Waals surface area contributed by atoms with E-state index >= 15 is 0 Å². The number of aromatic hydroxyl groups is 1. The summed E-state index contributed by atoms with van der Waals surface area (Å²) in [6.07, 6.45) is 0. The number of hydrogen-bond acceptors (Lipinski definition) is 5. The van der Waals surface area contributed by atoms with Crippen molar-refractivity contribution in [3.63, 3.8) is 0 Å². The Morgan fingerprint density at radius 3 is 2.21 bits per heavy atom. The van der Waals surface area contributed by atoms with E-state index in [4.69, 9.17) is 5.73 Å². The number of carboxylic acid groups (broad SMARTS) is 2. The van der Waals surface area contributed by atoms with Crippen LogP contribution in [-0.4, -0.2) is 32.2 Å². The number of phenols is 1. The Morgan fingerprint density at radius 1 is 1.12 bits per heavy atom. The quantitative estimate of drug-likeness (QED) is 0.572. The largest absolute Gasteiger partial charge is 0.507 e. The second kappa shape index (κ2) is 6.07. The molecule has 6 N–H and O–H groups in total. The van der Waals surface area contributed by atoms with Crippen molar-refractivity contribution in [2.45, 2.75) is 19.8 Å². The van der Waals surface area contributed by atoms with Crippen LogP contribution in [0.4, 0.5) is 5.82 Å². The summed E-state index contributed by atoms with van der Waals surface area (Å²) in [5, 5.41) is 28.9. The molecule has 0 saturated carbocycles. The van der Waals surface area contributed by atoms with Crippen molar-refractivity contribution < 1.29 is 24.9 Å². The lowest BCUT2D eigenvalue weighted by Gasteiger charge is -2.15. The molecule has 0 radical (unpaired) electrons. The van der Waals surface area contributed by atoms with Gasteiger partial charge in [-0.2, -0.15) is 0 Å². The van der Waals surface area contributed by atoms with E-state index in [1.54, 1.807) is 6.07 Å². The van der Waals surface area contributed by atoms with E-state index in [9.17, 15) is 29.7 Å². The molecule has 126 valence electrons. The minimum atomic E-state index is -1.62. The number of hydrogen-bond donors (Lipinski definition) is 5. The Morgan fingerprint density at radius 2 is 1.71 bits per heavy atom. The number of nitrogen functional groups attached to an aromatic ring is 1. The Bertz CT molecular complexity index is 898. The number of aromatic amines is 1. The van der Waals surface area contributed by atoms with Gasteiger partial charge in [0, 0.05) is 11.1 Å². The lowest BCUT2D eigenvalue weighted by atomic mass is 9.91. The molecule has 0 aliphatic rings. The number of nitrogens with one attached hydrogen (secondary N) is 1. The Kier molecular flexibility index (Phi) is 4.32. The molecular weight excluding hydrogens is 316 g/mol.